The van der Waals surface area contributed by atoms with Crippen molar-refractivity contribution in [2.75, 3.05) is 13.1 Å². The molecule has 100 valence electrons. The van der Waals surface area contributed by atoms with Crippen LogP contribution in [0.25, 0.3) is 0 Å². The second-order valence-electron chi connectivity index (χ2n) is 5.64. The molecule has 1 aromatic carbocycles. The van der Waals surface area contributed by atoms with Gasteiger partial charge in [-0.3, -0.25) is 4.90 Å². The van der Waals surface area contributed by atoms with Gasteiger partial charge < -0.3 is 10.4 Å². The number of aromatic hydroxyl groups is 1. The Morgan fingerprint density at radius 3 is 2.33 bits per heavy atom. The first-order valence-corrected chi connectivity index (χ1v) is 6.82. The zero-order chi connectivity index (χ0) is 13.1. The molecule has 0 aliphatic carbocycles. The van der Waals surface area contributed by atoms with E-state index >= 15 is 0 Å². The maximum absolute atomic E-state index is 9.29. The molecule has 1 aliphatic rings. The van der Waals surface area contributed by atoms with E-state index < -0.39 is 0 Å². The van der Waals surface area contributed by atoms with Crippen LogP contribution in [0.4, 0.5) is 0 Å². The topological polar surface area (TPSA) is 35.5 Å². The lowest BCUT2D eigenvalue weighted by molar-refractivity contribution is 0.130. The molecule has 3 heteroatoms. The highest BCUT2D eigenvalue weighted by Gasteiger charge is 2.24. The maximum Gasteiger partial charge on any atom is 0.115 e. The highest BCUT2D eigenvalue weighted by molar-refractivity contribution is 5.26. The summed E-state index contributed by atoms with van der Waals surface area (Å²) < 4.78 is 0. The lowest BCUT2D eigenvalue weighted by Gasteiger charge is -2.39. The van der Waals surface area contributed by atoms with E-state index in [4.69, 9.17) is 0 Å². The first-order valence-electron chi connectivity index (χ1n) is 6.82. The predicted molar refractivity (Wildman–Crippen MR) is 74.9 cm³/mol. The molecule has 2 N–H and O–H groups in total. The van der Waals surface area contributed by atoms with Crippen LogP contribution in [0.1, 0.15) is 26.3 Å². The summed E-state index contributed by atoms with van der Waals surface area (Å²) in [7, 11) is 0. The minimum atomic E-state index is 0.343. The van der Waals surface area contributed by atoms with Gasteiger partial charge in [0, 0.05) is 31.2 Å². The van der Waals surface area contributed by atoms with E-state index in [0.717, 1.165) is 19.5 Å². The van der Waals surface area contributed by atoms with E-state index in [-0.39, 0.29) is 0 Å². The van der Waals surface area contributed by atoms with Crippen molar-refractivity contribution < 1.29 is 5.11 Å². The minimum absolute atomic E-state index is 0.343. The van der Waals surface area contributed by atoms with Crippen LogP contribution in [0, 0.1) is 0 Å². The van der Waals surface area contributed by atoms with E-state index in [9.17, 15) is 5.11 Å². The van der Waals surface area contributed by atoms with Crippen molar-refractivity contribution in [2.24, 2.45) is 0 Å². The summed E-state index contributed by atoms with van der Waals surface area (Å²) >= 11 is 0. The molecule has 0 amide bonds. The second kappa shape index (κ2) is 5.72. The van der Waals surface area contributed by atoms with Gasteiger partial charge in [-0.15, -0.1) is 0 Å². The number of nitrogens with zero attached hydrogens (tertiary/aromatic N) is 1. The van der Waals surface area contributed by atoms with Gasteiger partial charge in [0.1, 0.15) is 5.75 Å². The number of nitrogens with one attached hydrogen (secondary N) is 1. The molecular formula is C15H24N2O. The van der Waals surface area contributed by atoms with E-state index in [1.54, 1.807) is 12.1 Å². The molecule has 0 spiro atoms. The molecule has 1 saturated heterocycles. The summed E-state index contributed by atoms with van der Waals surface area (Å²) in [5, 5.41) is 12.9. The lowest BCUT2D eigenvalue weighted by Crippen LogP contribution is -2.56. The van der Waals surface area contributed by atoms with Crippen molar-refractivity contribution in [1.82, 2.24) is 10.2 Å². The Balaban J connectivity index is 1.94. The van der Waals surface area contributed by atoms with Crippen LogP contribution < -0.4 is 5.32 Å². The highest BCUT2D eigenvalue weighted by Crippen LogP contribution is 2.15. The van der Waals surface area contributed by atoms with Crippen molar-refractivity contribution in [3.8, 4) is 5.75 Å². The number of hydrogen-bond donors (Lipinski definition) is 2. The quantitative estimate of drug-likeness (QED) is 0.859. The van der Waals surface area contributed by atoms with Crippen LogP contribution in [0.2, 0.25) is 0 Å². The first kappa shape index (κ1) is 13.4. The van der Waals surface area contributed by atoms with Gasteiger partial charge in [0.2, 0.25) is 0 Å². The van der Waals surface area contributed by atoms with Crippen LogP contribution >= 0.6 is 0 Å². The first-order chi connectivity index (χ1) is 8.54. The van der Waals surface area contributed by atoms with Crippen molar-refractivity contribution in [3.63, 3.8) is 0 Å². The van der Waals surface area contributed by atoms with Crippen molar-refractivity contribution in [3.05, 3.63) is 29.8 Å². The summed E-state index contributed by atoms with van der Waals surface area (Å²) in [6.45, 7) is 9.01. The van der Waals surface area contributed by atoms with Gasteiger partial charge >= 0.3 is 0 Å². The molecular weight excluding hydrogens is 224 g/mol. The van der Waals surface area contributed by atoms with Gasteiger partial charge in [-0.25, -0.2) is 0 Å². The molecule has 0 saturated carbocycles. The molecule has 0 aromatic heterocycles. The third-order valence-electron chi connectivity index (χ3n) is 3.68. The van der Waals surface area contributed by atoms with Crippen molar-refractivity contribution in [1.29, 1.82) is 0 Å². The average Bonchev–Trinajstić information content (AvgIpc) is 2.31. The summed E-state index contributed by atoms with van der Waals surface area (Å²) in [6.07, 6.45) is 1.04. The molecule has 1 aliphatic heterocycles. The van der Waals surface area contributed by atoms with E-state index in [1.807, 2.05) is 12.1 Å². The molecule has 1 aromatic rings. The van der Waals surface area contributed by atoms with Gasteiger partial charge in [0.05, 0.1) is 0 Å². The van der Waals surface area contributed by atoms with E-state index in [2.05, 4.69) is 31.0 Å². The molecule has 3 unspecified atom stereocenters. The predicted octanol–water partition coefficient (Wildman–Crippen LogP) is 2.01. The van der Waals surface area contributed by atoms with Crippen LogP contribution in [-0.2, 0) is 6.42 Å². The Morgan fingerprint density at radius 2 is 1.78 bits per heavy atom. The summed E-state index contributed by atoms with van der Waals surface area (Å²) in [5.74, 6) is 0.343. The number of phenols is 1. The van der Waals surface area contributed by atoms with Gasteiger partial charge in [-0.05, 0) is 44.9 Å². The van der Waals surface area contributed by atoms with Crippen molar-refractivity contribution in [2.45, 2.75) is 45.3 Å². The SMILES string of the molecule is CC1CN(C(C)Cc2ccc(O)cc2)CC(C)N1. The van der Waals surface area contributed by atoms with Crippen LogP contribution in [0.5, 0.6) is 5.75 Å². The molecule has 1 heterocycles. The number of phenolic OH excluding ortho intramolecular Hbond substituents is 1. The third-order valence-corrected chi connectivity index (χ3v) is 3.68. The largest absolute Gasteiger partial charge is 0.508 e. The Labute approximate surface area is 110 Å². The normalized spacial score (nSPS) is 27.1. The molecule has 2 rings (SSSR count). The van der Waals surface area contributed by atoms with Gasteiger partial charge in [-0.2, -0.15) is 0 Å². The Bertz CT molecular complexity index is 367. The average molecular weight is 248 g/mol. The molecule has 0 bridgehead atoms. The smallest absolute Gasteiger partial charge is 0.115 e. The number of piperazine rings is 1. The Morgan fingerprint density at radius 1 is 1.22 bits per heavy atom. The minimum Gasteiger partial charge on any atom is -0.508 e. The fourth-order valence-electron chi connectivity index (χ4n) is 2.83. The lowest BCUT2D eigenvalue weighted by atomic mass is 10.0. The van der Waals surface area contributed by atoms with E-state index in [0.29, 0.717) is 23.9 Å². The summed E-state index contributed by atoms with van der Waals surface area (Å²) in [6, 6.07) is 9.24. The molecule has 1 fully saturated rings. The molecule has 18 heavy (non-hydrogen) atoms. The summed E-state index contributed by atoms with van der Waals surface area (Å²) in [5.41, 5.74) is 1.29. The monoisotopic (exact) mass is 248 g/mol. The van der Waals surface area contributed by atoms with Crippen molar-refractivity contribution >= 4 is 0 Å². The zero-order valence-electron chi connectivity index (χ0n) is 11.6. The third kappa shape index (κ3) is 3.47. The molecule has 3 nitrogen and oxygen atoms in total. The van der Waals surface area contributed by atoms with Gasteiger partial charge in [0.15, 0.2) is 0 Å². The fourth-order valence-corrected chi connectivity index (χ4v) is 2.83. The van der Waals surface area contributed by atoms with Crippen LogP contribution in [0.3, 0.4) is 0 Å². The number of hydrogen-bond acceptors (Lipinski definition) is 3. The van der Waals surface area contributed by atoms with E-state index in [1.165, 1.54) is 5.56 Å². The van der Waals surface area contributed by atoms with Crippen LogP contribution in [0.15, 0.2) is 24.3 Å². The molecule has 3 atom stereocenters. The second-order valence-corrected chi connectivity index (χ2v) is 5.64. The van der Waals surface area contributed by atoms with Gasteiger partial charge in [0.25, 0.3) is 0 Å². The number of rotatable bonds is 3. The molecule has 0 radical (unpaired) electrons. The van der Waals surface area contributed by atoms with Crippen LogP contribution in [-0.4, -0.2) is 41.2 Å². The Hall–Kier alpha value is -1.06. The zero-order valence-corrected chi connectivity index (χ0v) is 11.6. The fraction of sp³-hybridized carbons (Fsp3) is 0.600. The standard InChI is InChI=1S/C15H24N2O/c1-11-9-17(10-12(2)16-11)13(3)8-14-4-6-15(18)7-5-14/h4-7,11-13,16,18H,8-10H2,1-3H3. The highest BCUT2D eigenvalue weighted by atomic mass is 16.3. The maximum atomic E-state index is 9.29. The Kier molecular flexibility index (Phi) is 4.25. The number of benzene rings is 1. The van der Waals surface area contributed by atoms with Gasteiger partial charge in [-0.1, -0.05) is 12.1 Å². The summed E-state index contributed by atoms with van der Waals surface area (Å²) in [4.78, 5) is 2.55.